The summed E-state index contributed by atoms with van der Waals surface area (Å²) in [5, 5.41) is 10.2. The molecule has 5 nitrogen and oxygen atoms in total. The number of methoxy groups -OCH3 is 1. The molecule has 0 amide bonds. The molecule has 0 spiro atoms. The number of carbonyl (C=O) groups excluding carboxylic acids is 2. The molecule has 126 valence electrons. The first-order valence-electron chi connectivity index (χ1n) is 7.20. The number of benzene rings is 1. The van der Waals surface area contributed by atoms with E-state index in [1.54, 1.807) is 19.1 Å². The van der Waals surface area contributed by atoms with Crippen LogP contribution in [0.3, 0.4) is 0 Å². The number of rotatable bonds is 5. The number of carbonyl (C=O) groups is 2. The van der Waals surface area contributed by atoms with Crippen LogP contribution in [0.4, 0.5) is 4.39 Å². The second-order valence-electron chi connectivity index (χ2n) is 5.28. The van der Waals surface area contributed by atoms with Gasteiger partial charge in [0.15, 0.2) is 11.5 Å². The molecule has 0 atom stereocenters. The van der Waals surface area contributed by atoms with Crippen molar-refractivity contribution >= 4 is 17.5 Å². The van der Waals surface area contributed by atoms with Crippen LogP contribution in [0, 0.1) is 19.7 Å². The molecule has 0 unspecified atom stereocenters. The Hall–Kier alpha value is -2.89. The Labute approximate surface area is 138 Å². The molecule has 2 aromatic rings. The molecule has 0 aliphatic heterocycles. The van der Waals surface area contributed by atoms with Gasteiger partial charge in [0.25, 0.3) is 5.78 Å². The van der Waals surface area contributed by atoms with E-state index in [1.165, 1.54) is 12.1 Å². The molecule has 1 N–H and O–H groups in total. The zero-order valence-corrected chi connectivity index (χ0v) is 13.6. The number of hydrogen-bond donors (Lipinski definition) is 1. The Morgan fingerprint density at radius 3 is 2.46 bits per heavy atom. The quantitative estimate of drug-likeness (QED) is 0.393. The zero-order valence-electron chi connectivity index (χ0n) is 13.6. The summed E-state index contributed by atoms with van der Waals surface area (Å²) in [6, 6.07) is 5.93. The highest BCUT2D eigenvalue weighted by molar-refractivity contribution is 6.39. The molecule has 6 heteroatoms. The zero-order chi connectivity index (χ0) is 17.9. The summed E-state index contributed by atoms with van der Waals surface area (Å²) in [7, 11) is 1.08. The van der Waals surface area contributed by atoms with Crippen molar-refractivity contribution in [2.45, 2.75) is 20.3 Å². The van der Waals surface area contributed by atoms with Crippen molar-refractivity contribution in [3.63, 3.8) is 0 Å². The number of ether oxygens (including phenoxy) is 1. The Balaban J connectivity index is 2.39. The second-order valence-corrected chi connectivity index (χ2v) is 5.28. The fraction of sp³-hybridized carbons (Fsp3) is 0.222. The standard InChI is InChI=1S/C18H17FO5/c1-10-11(2)24-17(15(20)9-16(21)18(22)23-3)14(10)8-12-4-6-13(19)7-5-12/h4-7,9,20H,8H2,1-3H3. The summed E-state index contributed by atoms with van der Waals surface area (Å²) >= 11 is 0. The van der Waals surface area contributed by atoms with Crippen LogP contribution in [-0.2, 0) is 20.7 Å². The van der Waals surface area contributed by atoms with E-state index in [-0.39, 0.29) is 11.6 Å². The average Bonchev–Trinajstić information content (AvgIpc) is 2.84. The van der Waals surface area contributed by atoms with Gasteiger partial charge in [-0.2, -0.15) is 0 Å². The minimum Gasteiger partial charge on any atom is -0.504 e. The van der Waals surface area contributed by atoms with E-state index in [9.17, 15) is 19.1 Å². The van der Waals surface area contributed by atoms with E-state index in [4.69, 9.17) is 4.42 Å². The summed E-state index contributed by atoms with van der Waals surface area (Å²) in [6.07, 6.45) is 1.14. The van der Waals surface area contributed by atoms with Gasteiger partial charge in [0.1, 0.15) is 11.6 Å². The van der Waals surface area contributed by atoms with Gasteiger partial charge >= 0.3 is 5.97 Å². The summed E-state index contributed by atoms with van der Waals surface area (Å²) in [5.74, 6) is -2.19. The summed E-state index contributed by atoms with van der Waals surface area (Å²) in [4.78, 5) is 22.7. The third kappa shape index (κ3) is 3.71. The van der Waals surface area contributed by atoms with Gasteiger partial charge in [-0.05, 0) is 37.1 Å². The highest BCUT2D eigenvalue weighted by Crippen LogP contribution is 2.28. The predicted octanol–water partition coefficient (Wildman–Crippen LogP) is 3.27. The van der Waals surface area contributed by atoms with Crippen LogP contribution >= 0.6 is 0 Å². The first kappa shape index (κ1) is 17.5. The fourth-order valence-corrected chi connectivity index (χ4v) is 2.25. The number of aryl methyl sites for hydroxylation is 1. The topological polar surface area (TPSA) is 76.7 Å². The van der Waals surface area contributed by atoms with Crippen molar-refractivity contribution in [3.05, 3.63) is 64.4 Å². The fourth-order valence-electron chi connectivity index (χ4n) is 2.25. The second kappa shape index (κ2) is 7.12. The monoisotopic (exact) mass is 332 g/mol. The molecule has 1 aromatic carbocycles. The molecule has 0 aliphatic rings. The lowest BCUT2D eigenvalue weighted by Crippen LogP contribution is -2.13. The Morgan fingerprint density at radius 2 is 1.88 bits per heavy atom. The van der Waals surface area contributed by atoms with E-state index < -0.39 is 17.5 Å². The Bertz CT molecular complexity index is 800. The Kier molecular flexibility index (Phi) is 5.18. The molecular formula is C18H17FO5. The van der Waals surface area contributed by atoms with Gasteiger partial charge in [-0.25, -0.2) is 9.18 Å². The van der Waals surface area contributed by atoms with Crippen molar-refractivity contribution in [2.75, 3.05) is 7.11 Å². The lowest BCUT2D eigenvalue weighted by Gasteiger charge is -2.04. The van der Waals surface area contributed by atoms with E-state index >= 15 is 0 Å². The van der Waals surface area contributed by atoms with Gasteiger partial charge in [0.05, 0.1) is 7.11 Å². The molecule has 0 bridgehead atoms. The average molecular weight is 332 g/mol. The van der Waals surface area contributed by atoms with Gasteiger partial charge in [-0.3, -0.25) is 4.79 Å². The van der Waals surface area contributed by atoms with Crippen molar-refractivity contribution in [2.24, 2.45) is 0 Å². The molecule has 0 radical (unpaired) electrons. The predicted molar refractivity (Wildman–Crippen MR) is 85.0 cm³/mol. The van der Waals surface area contributed by atoms with Crippen LogP contribution < -0.4 is 0 Å². The summed E-state index contributed by atoms with van der Waals surface area (Å²) in [5.41, 5.74) is 2.28. The molecule has 2 rings (SSSR count). The molecular weight excluding hydrogens is 315 g/mol. The summed E-state index contributed by atoms with van der Waals surface area (Å²) < 4.78 is 22.8. The number of furan rings is 1. The van der Waals surface area contributed by atoms with Gasteiger partial charge in [0.2, 0.25) is 0 Å². The van der Waals surface area contributed by atoms with Crippen LogP contribution in [0.15, 0.2) is 34.8 Å². The van der Waals surface area contributed by atoms with E-state index in [0.717, 1.165) is 24.3 Å². The van der Waals surface area contributed by atoms with Crippen LogP contribution in [-0.4, -0.2) is 24.0 Å². The smallest absolute Gasteiger partial charge is 0.378 e. The first-order chi connectivity index (χ1) is 11.3. The van der Waals surface area contributed by atoms with Gasteiger partial charge in [0, 0.05) is 18.1 Å². The van der Waals surface area contributed by atoms with Crippen LogP contribution in [0.25, 0.3) is 5.76 Å². The number of halogens is 1. The Morgan fingerprint density at radius 1 is 1.25 bits per heavy atom. The maximum absolute atomic E-state index is 13.0. The van der Waals surface area contributed by atoms with Crippen molar-refractivity contribution < 1.29 is 28.2 Å². The van der Waals surface area contributed by atoms with Gasteiger partial charge < -0.3 is 14.3 Å². The van der Waals surface area contributed by atoms with Crippen molar-refractivity contribution in [1.29, 1.82) is 0 Å². The largest absolute Gasteiger partial charge is 0.504 e. The van der Waals surface area contributed by atoms with Gasteiger partial charge in [-0.15, -0.1) is 0 Å². The van der Waals surface area contributed by atoms with Crippen LogP contribution in [0.5, 0.6) is 0 Å². The number of aliphatic hydroxyl groups is 1. The van der Waals surface area contributed by atoms with Crippen LogP contribution in [0.2, 0.25) is 0 Å². The maximum Gasteiger partial charge on any atom is 0.378 e. The lowest BCUT2D eigenvalue weighted by molar-refractivity contribution is -0.149. The lowest BCUT2D eigenvalue weighted by atomic mass is 10.00. The third-order valence-corrected chi connectivity index (χ3v) is 3.69. The maximum atomic E-state index is 13.0. The minimum atomic E-state index is -1.08. The number of hydrogen-bond acceptors (Lipinski definition) is 5. The highest BCUT2D eigenvalue weighted by atomic mass is 19.1. The molecule has 0 saturated carbocycles. The normalized spacial score (nSPS) is 11.4. The molecule has 0 saturated heterocycles. The molecule has 0 aliphatic carbocycles. The van der Waals surface area contributed by atoms with E-state index in [1.807, 2.05) is 6.92 Å². The minimum absolute atomic E-state index is 0.103. The molecule has 0 fully saturated rings. The number of aliphatic hydroxyl groups excluding tert-OH is 1. The van der Waals surface area contributed by atoms with E-state index in [2.05, 4.69) is 4.74 Å². The first-order valence-corrected chi connectivity index (χ1v) is 7.20. The highest BCUT2D eigenvalue weighted by Gasteiger charge is 2.21. The SMILES string of the molecule is COC(=O)C(=O)C=C(O)c1oc(C)c(C)c1Cc1ccc(F)cc1. The van der Waals surface area contributed by atoms with Gasteiger partial charge in [-0.1, -0.05) is 12.1 Å². The van der Waals surface area contributed by atoms with Crippen molar-refractivity contribution in [1.82, 2.24) is 0 Å². The van der Waals surface area contributed by atoms with E-state index in [0.29, 0.717) is 17.7 Å². The van der Waals surface area contributed by atoms with Crippen LogP contribution in [0.1, 0.15) is 28.2 Å². The number of esters is 1. The molecule has 1 aromatic heterocycles. The number of ketones is 1. The molecule has 24 heavy (non-hydrogen) atoms. The van der Waals surface area contributed by atoms with Crippen molar-refractivity contribution in [3.8, 4) is 0 Å². The molecule has 1 heterocycles. The summed E-state index contributed by atoms with van der Waals surface area (Å²) in [6.45, 7) is 3.54. The third-order valence-electron chi connectivity index (χ3n) is 3.69.